The van der Waals surface area contributed by atoms with Crippen molar-refractivity contribution in [3.8, 4) is 22.9 Å². The number of thiazole rings is 1. The molecule has 2 amide bonds. The van der Waals surface area contributed by atoms with Gasteiger partial charge >= 0.3 is 0 Å². The number of nitrogens with one attached hydrogen (secondary N) is 1. The number of piperidine rings is 1. The van der Waals surface area contributed by atoms with Crippen LogP contribution in [0, 0.1) is 18.3 Å². The van der Waals surface area contributed by atoms with Crippen LogP contribution in [-0.4, -0.2) is 40.4 Å². The second-order valence-electron chi connectivity index (χ2n) is 8.38. The number of carbonyl (C=O) groups excluding carboxylic acids is 2. The third kappa shape index (κ3) is 4.48. The van der Waals surface area contributed by atoms with Crippen LogP contribution in [0.1, 0.15) is 41.0 Å². The monoisotopic (exact) mass is 498 g/mol. The number of rotatable bonds is 5. The number of fused-ring (bicyclic) bond motifs is 1. The predicted octanol–water partition coefficient (Wildman–Crippen LogP) is 4.71. The van der Waals surface area contributed by atoms with E-state index in [-0.39, 0.29) is 17.5 Å². The van der Waals surface area contributed by atoms with Gasteiger partial charge in [0.25, 0.3) is 5.91 Å². The maximum Gasteiger partial charge on any atom is 0.259 e. The topological polar surface area (TPSA) is 121 Å². The minimum Gasteiger partial charge on any atom is -0.494 e. The van der Waals surface area contributed by atoms with E-state index < -0.39 is 0 Å². The molecule has 10 heteroatoms. The van der Waals surface area contributed by atoms with E-state index >= 15 is 0 Å². The summed E-state index contributed by atoms with van der Waals surface area (Å²) in [5.41, 5.74) is 3.95. The van der Waals surface area contributed by atoms with Crippen LogP contribution in [0.2, 0.25) is 0 Å². The Bertz CT molecular complexity index is 1540. The summed E-state index contributed by atoms with van der Waals surface area (Å²) >= 11 is 1.34. The van der Waals surface area contributed by atoms with Gasteiger partial charge in [-0.1, -0.05) is 11.3 Å². The molecule has 0 spiro atoms. The van der Waals surface area contributed by atoms with Crippen LogP contribution in [0.3, 0.4) is 0 Å². The van der Waals surface area contributed by atoms with Crippen LogP contribution >= 0.6 is 11.3 Å². The summed E-state index contributed by atoms with van der Waals surface area (Å²) in [6.07, 6.45) is 5.43. The lowest BCUT2D eigenvalue weighted by molar-refractivity contribution is -0.119. The zero-order valence-corrected chi connectivity index (χ0v) is 20.6. The summed E-state index contributed by atoms with van der Waals surface area (Å²) < 4.78 is 6.31. The molecule has 0 radical (unpaired) electrons. The van der Waals surface area contributed by atoms with E-state index in [0.29, 0.717) is 46.2 Å². The first-order valence-corrected chi connectivity index (χ1v) is 12.2. The molecule has 0 bridgehead atoms. The number of aryl methyl sites for hydroxylation is 1. The zero-order valence-electron chi connectivity index (χ0n) is 19.7. The quantitative estimate of drug-likeness (QED) is 0.423. The average molecular weight is 499 g/mol. The summed E-state index contributed by atoms with van der Waals surface area (Å²) in [4.78, 5) is 40.4. The van der Waals surface area contributed by atoms with Crippen molar-refractivity contribution in [3.63, 3.8) is 0 Å². The van der Waals surface area contributed by atoms with Crippen molar-refractivity contribution in [3.05, 3.63) is 59.7 Å². The van der Waals surface area contributed by atoms with Gasteiger partial charge in [0.15, 0.2) is 5.13 Å². The number of hydrogen-bond acceptors (Lipinski definition) is 8. The van der Waals surface area contributed by atoms with Gasteiger partial charge in [0.1, 0.15) is 17.5 Å². The van der Waals surface area contributed by atoms with Gasteiger partial charge in [0.2, 0.25) is 5.91 Å². The summed E-state index contributed by atoms with van der Waals surface area (Å²) in [5.74, 6) is 0.179. The van der Waals surface area contributed by atoms with Crippen LogP contribution in [0.5, 0.6) is 5.75 Å². The number of carbonyl (C=O) groups is 2. The number of anilines is 2. The van der Waals surface area contributed by atoms with Crippen molar-refractivity contribution < 1.29 is 14.3 Å². The van der Waals surface area contributed by atoms with E-state index in [2.05, 4.69) is 20.3 Å². The maximum atomic E-state index is 13.3. The Balaban J connectivity index is 1.47. The fraction of sp³-hybridized carbons (Fsp3) is 0.231. The fourth-order valence-corrected chi connectivity index (χ4v) is 5.11. The van der Waals surface area contributed by atoms with Crippen LogP contribution in [0.25, 0.3) is 21.3 Å². The Hall–Kier alpha value is -4.36. The molecule has 4 heterocycles. The van der Waals surface area contributed by atoms with E-state index in [1.807, 2.05) is 36.1 Å². The first kappa shape index (κ1) is 23.4. The number of aromatic nitrogens is 3. The highest BCUT2D eigenvalue weighted by Crippen LogP contribution is 2.34. The number of ether oxygens (including phenoxy) is 1. The first-order chi connectivity index (χ1) is 17.5. The van der Waals surface area contributed by atoms with Gasteiger partial charge in [0, 0.05) is 41.7 Å². The minimum absolute atomic E-state index is 0.129. The number of pyridine rings is 2. The third-order valence-electron chi connectivity index (χ3n) is 6.00. The highest BCUT2D eigenvalue weighted by molar-refractivity contribution is 7.22. The molecule has 1 saturated heterocycles. The minimum atomic E-state index is -0.389. The molecule has 4 aromatic rings. The van der Waals surface area contributed by atoms with E-state index in [0.717, 1.165) is 28.7 Å². The highest BCUT2D eigenvalue weighted by atomic mass is 32.1. The number of nitriles is 1. The number of nitrogens with zero attached hydrogens (tertiary/aromatic N) is 5. The molecule has 9 nitrogen and oxygen atoms in total. The maximum absolute atomic E-state index is 13.3. The number of benzene rings is 1. The Labute approximate surface area is 211 Å². The Morgan fingerprint density at radius 3 is 2.81 bits per heavy atom. The molecule has 5 rings (SSSR count). The van der Waals surface area contributed by atoms with Crippen LogP contribution in [0.15, 0.2) is 42.7 Å². The Kier molecular flexibility index (Phi) is 6.31. The van der Waals surface area contributed by atoms with E-state index in [9.17, 15) is 14.9 Å². The Morgan fingerprint density at radius 2 is 2.03 bits per heavy atom. The summed E-state index contributed by atoms with van der Waals surface area (Å²) in [5, 5.41) is 12.6. The summed E-state index contributed by atoms with van der Waals surface area (Å²) in [6.45, 7) is 2.53. The number of methoxy groups -OCH3 is 1. The molecule has 3 aromatic heterocycles. The second kappa shape index (κ2) is 9.71. The largest absolute Gasteiger partial charge is 0.494 e. The van der Waals surface area contributed by atoms with Crippen molar-refractivity contribution in [2.75, 3.05) is 23.9 Å². The van der Waals surface area contributed by atoms with Gasteiger partial charge in [-0.3, -0.25) is 19.9 Å². The normalized spacial score (nSPS) is 13.5. The number of hydrogen-bond donors (Lipinski definition) is 1. The van der Waals surface area contributed by atoms with Crippen molar-refractivity contribution in [1.82, 2.24) is 15.0 Å². The van der Waals surface area contributed by atoms with Crippen LogP contribution in [-0.2, 0) is 4.79 Å². The Morgan fingerprint density at radius 1 is 1.17 bits per heavy atom. The van der Waals surface area contributed by atoms with Gasteiger partial charge in [0.05, 0.1) is 29.1 Å². The summed E-state index contributed by atoms with van der Waals surface area (Å²) in [6, 6.07) is 11.1. The van der Waals surface area contributed by atoms with E-state index in [1.54, 1.807) is 12.1 Å². The van der Waals surface area contributed by atoms with Gasteiger partial charge in [-0.2, -0.15) is 5.26 Å². The number of amides is 2. The molecule has 1 aliphatic rings. The van der Waals surface area contributed by atoms with Crippen molar-refractivity contribution in [2.45, 2.75) is 26.2 Å². The molecular weight excluding hydrogens is 476 g/mol. The molecule has 0 saturated carbocycles. The fourth-order valence-electron chi connectivity index (χ4n) is 4.22. The lowest BCUT2D eigenvalue weighted by Gasteiger charge is -2.26. The molecule has 1 aromatic carbocycles. The first-order valence-electron chi connectivity index (χ1n) is 11.4. The standard InChI is InChI=1S/C26H22N6O3S/c1-15-9-18(19-10-16(12-27)29-14-22(19)35-2)20(13-28-15)25(34)31-26-30-21-7-6-17(11-23(21)36-26)32-8-4-3-5-24(32)33/h6-7,9-11,13-14H,3-5,8H2,1-2H3,(H,30,31,34). The molecule has 0 unspecified atom stereocenters. The van der Waals surface area contributed by atoms with Crippen LogP contribution in [0.4, 0.5) is 10.8 Å². The second-order valence-corrected chi connectivity index (χ2v) is 9.41. The molecule has 1 aliphatic heterocycles. The van der Waals surface area contributed by atoms with Gasteiger partial charge < -0.3 is 9.64 Å². The van der Waals surface area contributed by atoms with E-state index in [1.165, 1.54) is 30.8 Å². The van der Waals surface area contributed by atoms with Crippen molar-refractivity contribution >= 4 is 44.2 Å². The van der Waals surface area contributed by atoms with Crippen molar-refractivity contribution in [2.24, 2.45) is 0 Å². The average Bonchev–Trinajstić information content (AvgIpc) is 3.29. The molecule has 1 N–H and O–H groups in total. The lowest BCUT2D eigenvalue weighted by atomic mass is 9.99. The van der Waals surface area contributed by atoms with E-state index in [4.69, 9.17) is 4.74 Å². The lowest BCUT2D eigenvalue weighted by Crippen LogP contribution is -2.35. The zero-order chi connectivity index (χ0) is 25.2. The third-order valence-corrected chi connectivity index (χ3v) is 6.94. The summed E-state index contributed by atoms with van der Waals surface area (Å²) in [7, 11) is 1.51. The van der Waals surface area contributed by atoms with Gasteiger partial charge in [-0.25, -0.2) is 9.97 Å². The van der Waals surface area contributed by atoms with Gasteiger partial charge in [-0.05, 0) is 50.1 Å². The molecule has 0 atom stereocenters. The molecular formula is C26H22N6O3S. The van der Waals surface area contributed by atoms with Crippen molar-refractivity contribution in [1.29, 1.82) is 5.26 Å². The molecule has 1 fully saturated rings. The highest BCUT2D eigenvalue weighted by Gasteiger charge is 2.22. The molecule has 36 heavy (non-hydrogen) atoms. The SMILES string of the molecule is COc1cnc(C#N)cc1-c1cc(C)ncc1C(=O)Nc1nc2ccc(N3CCCCC3=O)cc2s1. The molecule has 0 aliphatic carbocycles. The molecule has 180 valence electrons. The van der Waals surface area contributed by atoms with Crippen LogP contribution < -0.4 is 15.0 Å². The predicted molar refractivity (Wildman–Crippen MR) is 137 cm³/mol. The smallest absolute Gasteiger partial charge is 0.259 e. The van der Waals surface area contributed by atoms with Gasteiger partial charge in [-0.15, -0.1) is 0 Å².